The summed E-state index contributed by atoms with van der Waals surface area (Å²) in [5, 5.41) is 4.39. The highest BCUT2D eigenvalue weighted by Crippen LogP contribution is 2.36. The Kier molecular flexibility index (Phi) is 5.09. The van der Waals surface area contributed by atoms with Gasteiger partial charge in [0.15, 0.2) is 0 Å². The number of thiophene rings is 1. The quantitative estimate of drug-likeness (QED) is 0.818. The molecule has 1 aliphatic rings. The number of halogens is 4. The lowest BCUT2D eigenvalue weighted by molar-refractivity contribution is -0.137. The molecule has 134 valence electrons. The number of fused-ring (bicyclic) bond motifs is 1. The van der Waals surface area contributed by atoms with Gasteiger partial charge in [-0.3, -0.25) is 9.69 Å². The summed E-state index contributed by atoms with van der Waals surface area (Å²) in [4.78, 5) is 15.7. The molecule has 0 saturated carbocycles. The SMILES string of the molecule is C[C@@H](C(=O)Nc1ccc(Cl)cc1C(F)(F)F)N1CCc2sccc2C1. The number of rotatable bonds is 3. The highest BCUT2D eigenvalue weighted by atomic mass is 35.5. The number of alkyl halides is 3. The third-order valence-electron chi connectivity index (χ3n) is 4.31. The molecule has 0 unspecified atom stereocenters. The molecule has 2 aromatic rings. The molecule has 0 spiro atoms. The van der Waals surface area contributed by atoms with Crippen molar-refractivity contribution in [2.45, 2.75) is 32.1 Å². The molecule has 0 bridgehead atoms. The fraction of sp³-hybridized carbons (Fsp3) is 0.353. The lowest BCUT2D eigenvalue weighted by Crippen LogP contribution is -2.44. The van der Waals surface area contributed by atoms with E-state index in [9.17, 15) is 18.0 Å². The predicted molar refractivity (Wildman–Crippen MR) is 93.0 cm³/mol. The van der Waals surface area contributed by atoms with E-state index >= 15 is 0 Å². The van der Waals surface area contributed by atoms with Crippen molar-refractivity contribution in [1.29, 1.82) is 0 Å². The first kappa shape index (κ1) is 18.2. The highest BCUT2D eigenvalue weighted by Gasteiger charge is 2.35. The van der Waals surface area contributed by atoms with Crippen molar-refractivity contribution in [2.24, 2.45) is 0 Å². The van der Waals surface area contributed by atoms with Crippen LogP contribution in [0.2, 0.25) is 5.02 Å². The first-order chi connectivity index (χ1) is 11.8. The summed E-state index contributed by atoms with van der Waals surface area (Å²) in [6.07, 6.45) is -3.74. The first-order valence-electron chi connectivity index (χ1n) is 7.72. The van der Waals surface area contributed by atoms with Gasteiger partial charge in [0.1, 0.15) is 0 Å². The average molecular weight is 389 g/mol. The van der Waals surface area contributed by atoms with E-state index in [1.54, 1.807) is 18.3 Å². The fourth-order valence-electron chi connectivity index (χ4n) is 2.86. The standard InChI is InChI=1S/C17H16ClF3N2OS/c1-10(23-6-4-15-11(9-23)5-7-25-15)16(24)22-14-3-2-12(18)8-13(14)17(19,20)21/h2-3,5,7-8,10H,4,6,9H2,1H3,(H,22,24)/t10-/m0/s1. The van der Waals surface area contributed by atoms with E-state index in [-0.39, 0.29) is 10.7 Å². The van der Waals surface area contributed by atoms with Crippen molar-refractivity contribution in [2.75, 3.05) is 11.9 Å². The van der Waals surface area contributed by atoms with E-state index in [1.807, 2.05) is 16.3 Å². The minimum atomic E-state index is -4.59. The molecule has 1 N–H and O–H groups in total. The summed E-state index contributed by atoms with van der Waals surface area (Å²) in [5.74, 6) is -0.466. The topological polar surface area (TPSA) is 32.3 Å². The van der Waals surface area contributed by atoms with Gasteiger partial charge in [0.2, 0.25) is 5.91 Å². The molecule has 0 fully saturated rings. The van der Waals surface area contributed by atoms with Crippen LogP contribution in [-0.4, -0.2) is 23.4 Å². The number of carbonyl (C=O) groups is 1. The average Bonchev–Trinajstić information content (AvgIpc) is 3.02. The summed E-state index contributed by atoms with van der Waals surface area (Å²) in [6, 6.07) is 4.82. The normalized spacial score (nSPS) is 16.4. The Hall–Kier alpha value is -1.57. The molecule has 3 rings (SSSR count). The second kappa shape index (κ2) is 6.97. The Morgan fingerprint density at radius 1 is 1.36 bits per heavy atom. The van der Waals surface area contributed by atoms with Crippen molar-refractivity contribution in [3.05, 3.63) is 50.7 Å². The number of benzene rings is 1. The Balaban J connectivity index is 1.75. The second-order valence-corrected chi connectivity index (χ2v) is 7.38. The van der Waals surface area contributed by atoms with E-state index in [2.05, 4.69) is 5.32 Å². The van der Waals surface area contributed by atoms with Gasteiger partial charge in [-0.05, 0) is 48.6 Å². The van der Waals surface area contributed by atoms with Gasteiger partial charge in [0.05, 0.1) is 17.3 Å². The molecular formula is C17H16ClF3N2OS. The third kappa shape index (κ3) is 3.99. The molecule has 1 aliphatic heterocycles. The highest BCUT2D eigenvalue weighted by molar-refractivity contribution is 7.10. The Bertz CT molecular complexity index is 790. The molecule has 1 amide bonds. The van der Waals surface area contributed by atoms with E-state index in [0.717, 1.165) is 12.5 Å². The Morgan fingerprint density at radius 3 is 2.84 bits per heavy atom. The van der Waals surface area contributed by atoms with E-state index in [4.69, 9.17) is 11.6 Å². The first-order valence-corrected chi connectivity index (χ1v) is 8.98. The van der Waals surface area contributed by atoms with E-state index < -0.39 is 23.7 Å². The Morgan fingerprint density at radius 2 is 2.12 bits per heavy atom. The van der Waals surface area contributed by atoms with Gasteiger partial charge in [-0.2, -0.15) is 13.2 Å². The van der Waals surface area contributed by atoms with E-state index in [1.165, 1.54) is 22.6 Å². The zero-order chi connectivity index (χ0) is 18.2. The summed E-state index contributed by atoms with van der Waals surface area (Å²) in [5.41, 5.74) is -0.0420. The van der Waals surface area contributed by atoms with Crippen LogP contribution in [0, 0.1) is 0 Å². The van der Waals surface area contributed by atoms with Crippen molar-refractivity contribution in [3.63, 3.8) is 0 Å². The van der Waals surface area contributed by atoms with Crippen molar-refractivity contribution in [3.8, 4) is 0 Å². The van der Waals surface area contributed by atoms with E-state index in [0.29, 0.717) is 13.1 Å². The van der Waals surface area contributed by atoms with Crippen molar-refractivity contribution < 1.29 is 18.0 Å². The fourth-order valence-corrected chi connectivity index (χ4v) is 3.93. The molecule has 8 heteroatoms. The molecule has 3 nitrogen and oxygen atoms in total. The minimum Gasteiger partial charge on any atom is -0.324 e. The summed E-state index contributed by atoms with van der Waals surface area (Å²) >= 11 is 7.35. The maximum absolute atomic E-state index is 13.1. The van der Waals surface area contributed by atoms with Crippen LogP contribution in [0.1, 0.15) is 22.9 Å². The molecule has 1 atom stereocenters. The lowest BCUT2D eigenvalue weighted by atomic mass is 10.1. The smallest absolute Gasteiger partial charge is 0.324 e. The van der Waals surface area contributed by atoms with Crippen molar-refractivity contribution >= 4 is 34.5 Å². The number of nitrogens with zero attached hydrogens (tertiary/aromatic N) is 1. The van der Waals surface area contributed by atoms with Crippen LogP contribution in [0.5, 0.6) is 0 Å². The number of amides is 1. The van der Waals surface area contributed by atoms with Crippen LogP contribution in [0.3, 0.4) is 0 Å². The van der Waals surface area contributed by atoms with Gasteiger partial charge in [-0.25, -0.2) is 0 Å². The van der Waals surface area contributed by atoms with Crippen LogP contribution < -0.4 is 5.32 Å². The van der Waals surface area contributed by atoms with Gasteiger partial charge < -0.3 is 5.32 Å². The second-order valence-electron chi connectivity index (χ2n) is 5.94. The number of carbonyl (C=O) groups excluding carboxylic acids is 1. The molecule has 2 heterocycles. The van der Waals surface area contributed by atoms with Gasteiger partial charge in [0.25, 0.3) is 0 Å². The predicted octanol–water partition coefficient (Wildman–Crippen LogP) is 4.81. The molecular weight excluding hydrogens is 373 g/mol. The molecule has 0 radical (unpaired) electrons. The van der Waals surface area contributed by atoms with Crippen LogP contribution in [0.4, 0.5) is 18.9 Å². The van der Waals surface area contributed by atoms with Crippen molar-refractivity contribution in [1.82, 2.24) is 4.90 Å². The third-order valence-corrected chi connectivity index (χ3v) is 5.57. The van der Waals surface area contributed by atoms with Crippen LogP contribution in [0.25, 0.3) is 0 Å². The van der Waals surface area contributed by atoms with Crippen LogP contribution in [-0.2, 0) is 23.9 Å². The zero-order valence-electron chi connectivity index (χ0n) is 13.4. The van der Waals surface area contributed by atoms with Gasteiger partial charge in [-0.15, -0.1) is 11.3 Å². The molecule has 1 aromatic heterocycles. The van der Waals surface area contributed by atoms with Gasteiger partial charge in [0, 0.05) is 23.0 Å². The summed E-state index contributed by atoms with van der Waals surface area (Å²) < 4.78 is 39.4. The lowest BCUT2D eigenvalue weighted by Gasteiger charge is -2.31. The largest absolute Gasteiger partial charge is 0.418 e. The number of anilines is 1. The Labute approximate surface area is 152 Å². The molecule has 0 aliphatic carbocycles. The molecule has 0 saturated heterocycles. The minimum absolute atomic E-state index is 0.0283. The number of hydrogen-bond acceptors (Lipinski definition) is 3. The number of nitrogens with one attached hydrogen (secondary N) is 1. The monoisotopic (exact) mass is 388 g/mol. The summed E-state index contributed by atoms with van der Waals surface area (Å²) in [6.45, 7) is 3.03. The molecule has 25 heavy (non-hydrogen) atoms. The van der Waals surface area contributed by atoms with Gasteiger partial charge in [-0.1, -0.05) is 11.6 Å². The van der Waals surface area contributed by atoms with Crippen LogP contribution in [0.15, 0.2) is 29.6 Å². The van der Waals surface area contributed by atoms with Crippen LogP contribution >= 0.6 is 22.9 Å². The van der Waals surface area contributed by atoms with Gasteiger partial charge >= 0.3 is 6.18 Å². The maximum Gasteiger partial charge on any atom is 0.418 e. The molecule has 1 aromatic carbocycles. The number of hydrogen-bond donors (Lipinski definition) is 1. The zero-order valence-corrected chi connectivity index (χ0v) is 14.9. The maximum atomic E-state index is 13.1. The summed E-state index contributed by atoms with van der Waals surface area (Å²) in [7, 11) is 0.